The van der Waals surface area contributed by atoms with Crippen LogP contribution in [-0.2, 0) is 9.53 Å². The molecule has 2 atom stereocenters. The Kier molecular flexibility index (Phi) is 2.81. The van der Waals surface area contributed by atoms with E-state index in [0.717, 1.165) is 0 Å². The first-order chi connectivity index (χ1) is 5.24. The van der Waals surface area contributed by atoms with Crippen LogP contribution in [0.1, 0.15) is 6.42 Å². The van der Waals surface area contributed by atoms with Crippen molar-refractivity contribution >= 4 is 5.91 Å². The van der Waals surface area contributed by atoms with Gasteiger partial charge in [-0.15, -0.1) is 0 Å². The number of aliphatic hydroxyl groups is 1. The quantitative estimate of drug-likeness (QED) is 0.443. The second-order valence-electron chi connectivity index (χ2n) is 2.43. The molecule has 0 spiro atoms. The van der Waals surface area contributed by atoms with Crippen molar-refractivity contribution in [3.63, 3.8) is 0 Å². The fourth-order valence-corrected chi connectivity index (χ4v) is 0.984. The van der Waals surface area contributed by atoms with Crippen molar-refractivity contribution in [3.05, 3.63) is 0 Å². The molecule has 5 heteroatoms. The Hall–Kier alpha value is -0.650. The molecule has 0 radical (unpaired) electrons. The van der Waals surface area contributed by atoms with Crippen LogP contribution < -0.4 is 11.1 Å². The largest absolute Gasteiger partial charge is 0.366 e. The zero-order chi connectivity index (χ0) is 8.27. The summed E-state index contributed by atoms with van der Waals surface area (Å²) in [4.78, 5) is 10.7. The maximum absolute atomic E-state index is 10.7. The third kappa shape index (κ3) is 2.14. The molecule has 1 rings (SSSR count). The van der Waals surface area contributed by atoms with Crippen LogP contribution in [-0.4, -0.2) is 36.5 Å². The molecular formula is C6H12N2O3. The molecular weight excluding hydrogens is 148 g/mol. The van der Waals surface area contributed by atoms with E-state index in [1.54, 1.807) is 0 Å². The summed E-state index contributed by atoms with van der Waals surface area (Å²) >= 11 is 0. The minimum absolute atomic E-state index is 0.0524. The highest BCUT2D eigenvalue weighted by atomic mass is 16.6. The topological polar surface area (TPSA) is 84.6 Å². The Bertz CT molecular complexity index is 151. The van der Waals surface area contributed by atoms with E-state index < -0.39 is 6.29 Å². The van der Waals surface area contributed by atoms with Gasteiger partial charge in [-0.2, -0.15) is 0 Å². The monoisotopic (exact) mass is 160 g/mol. The molecule has 0 aromatic rings. The number of amides is 1. The summed E-state index contributed by atoms with van der Waals surface area (Å²) in [6.07, 6.45) is -0.224. The van der Waals surface area contributed by atoms with Gasteiger partial charge in [0.05, 0.1) is 19.2 Å². The van der Waals surface area contributed by atoms with E-state index in [4.69, 9.17) is 15.6 Å². The fourth-order valence-electron chi connectivity index (χ4n) is 0.984. The van der Waals surface area contributed by atoms with Crippen molar-refractivity contribution in [1.29, 1.82) is 0 Å². The highest BCUT2D eigenvalue weighted by Gasteiger charge is 2.26. The molecule has 1 heterocycles. The summed E-state index contributed by atoms with van der Waals surface area (Å²) in [6.45, 7) is 0.430. The Morgan fingerprint density at radius 3 is 3.00 bits per heavy atom. The normalized spacial score (nSPS) is 30.4. The molecule has 11 heavy (non-hydrogen) atoms. The summed E-state index contributed by atoms with van der Waals surface area (Å²) in [6, 6.07) is -0.286. The van der Waals surface area contributed by atoms with Gasteiger partial charge in [-0.25, -0.2) is 0 Å². The number of carbonyl (C=O) groups excluding carboxylic acids is 1. The van der Waals surface area contributed by atoms with Gasteiger partial charge >= 0.3 is 0 Å². The third-order valence-electron chi connectivity index (χ3n) is 1.59. The molecule has 64 valence electrons. The molecule has 1 fully saturated rings. The van der Waals surface area contributed by atoms with Crippen LogP contribution in [0.2, 0.25) is 0 Å². The molecule has 1 aliphatic rings. The van der Waals surface area contributed by atoms with Gasteiger partial charge in [-0.3, -0.25) is 4.79 Å². The van der Waals surface area contributed by atoms with E-state index in [2.05, 4.69) is 5.32 Å². The van der Waals surface area contributed by atoms with Gasteiger partial charge in [-0.1, -0.05) is 0 Å². The zero-order valence-corrected chi connectivity index (χ0v) is 6.12. The molecule has 2 unspecified atom stereocenters. The molecule has 0 bridgehead atoms. The molecule has 4 N–H and O–H groups in total. The predicted molar refractivity (Wildman–Crippen MR) is 37.6 cm³/mol. The number of ether oxygens (including phenoxy) is 1. The number of nitrogens with two attached hydrogens (primary N) is 1. The first-order valence-electron chi connectivity index (χ1n) is 3.53. The van der Waals surface area contributed by atoms with E-state index in [1.807, 2.05) is 0 Å². The SMILES string of the molecule is NCC(=O)NC1CCOC1O. The molecule has 0 aromatic carbocycles. The number of rotatable bonds is 2. The number of aliphatic hydroxyl groups excluding tert-OH is 1. The lowest BCUT2D eigenvalue weighted by Crippen LogP contribution is -2.43. The highest BCUT2D eigenvalue weighted by Crippen LogP contribution is 2.09. The summed E-state index contributed by atoms with van der Waals surface area (Å²) in [5.74, 6) is -0.264. The summed E-state index contributed by atoms with van der Waals surface area (Å²) < 4.78 is 4.81. The van der Waals surface area contributed by atoms with E-state index in [-0.39, 0.29) is 18.5 Å². The maximum Gasteiger partial charge on any atom is 0.234 e. The van der Waals surface area contributed by atoms with Crippen LogP contribution in [0.3, 0.4) is 0 Å². The second-order valence-corrected chi connectivity index (χ2v) is 2.43. The lowest BCUT2D eigenvalue weighted by molar-refractivity contribution is -0.124. The van der Waals surface area contributed by atoms with Gasteiger partial charge in [0, 0.05) is 0 Å². The average Bonchev–Trinajstić information content (AvgIpc) is 2.37. The van der Waals surface area contributed by atoms with Crippen molar-refractivity contribution in [3.8, 4) is 0 Å². The average molecular weight is 160 g/mol. The van der Waals surface area contributed by atoms with Crippen LogP contribution in [0.15, 0.2) is 0 Å². The molecule has 1 aliphatic heterocycles. The van der Waals surface area contributed by atoms with Gasteiger partial charge in [-0.05, 0) is 6.42 Å². The molecule has 0 aliphatic carbocycles. The standard InChI is InChI=1S/C6H12N2O3/c7-3-5(9)8-4-1-2-11-6(4)10/h4,6,10H,1-3,7H2,(H,8,9). The Morgan fingerprint density at radius 2 is 2.55 bits per heavy atom. The Morgan fingerprint density at radius 1 is 1.82 bits per heavy atom. The number of nitrogens with one attached hydrogen (secondary N) is 1. The van der Waals surface area contributed by atoms with Gasteiger partial charge in [0.2, 0.25) is 5.91 Å². The van der Waals surface area contributed by atoms with Crippen LogP contribution in [0.25, 0.3) is 0 Å². The summed E-state index contributed by atoms with van der Waals surface area (Å²) in [7, 11) is 0. The second kappa shape index (κ2) is 3.66. The smallest absolute Gasteiger partial charge is 0.234 e. The van der Waals surface area contributed by atoms with Crippen molar-refractivity contribution in [2.75, 3.05) is 13.2 Å². The number of hydrogen-bond acceptors (Lipinski definition) is 4. The molecule has 1 amide bonds. The molecule has 5 nitrogen and oxygen atoms in total. The Labute approximate surface area is 64.5 Å². The van der Waals surface area contributed by atoms with Crippen molar-refractivity contribution < 1.29 is 14.6 Å². The van der Waals surface area contributed by atoms with E-state index in [0.29, 0.717) is 13.0 Å². The van der Waals surface area contributed by atoms with Gasteiger partial charge in [0.1, 0.15) is 0 Å². The fraction of sp³-hybridized carbons (Fsp3) is 0.833. The number of carbonyl (C=O) groups is 1. The van der Waals surface area contributed by atoms with Gasteiger partial charge < -0.3 is 20.9 Å². The number of hydrogen-bond donors (Lipinski definition) is 3. The van der Waals surface area contributed by atoms with Crippen LogP contribution in [0, 0.1) is 0 Å². The lowest BCUT2D eigenvalue weighted by atomic mass is 10.2. The minimum atomic E-state index is -0.870. The van der Waals surface area contributed by atoms with E-state index >= 15 is 0 Å². The van der Waals surface area contributed by atoms with E-state index in [9.17, 15) is 4.79 Å². The van der Waals surface area contributed by atoms with Crippen LogP contribution in [0.4, 0.5) is 0 Å². The third-order valence-corrected chi connectivity index (χ3v) is 1.59. The highest BCUT2D eigenvalue weighted by molar-refractivity contribution is 5.78. The van der Waals surface area contributed by atoms with E-state index in [1.165, 1.54) is 0 Å². The predicted octanol–water partition coefficient (Wildman–Crippen LogP) is -1.83. The van der Waals surface area contributed by atoms with Crippen molar-refractivity contribution in [2.45, 2.75) is 18.8 Å². The van der Waals surface area contributed by atoms with Crippen molar-refractivity contribution in [2.24, 2.45) is 5.73 Å². The lowest BCUT2D eigenvalue weighted by Gasteiger charge is -2.13. The minimum Gasteiger partial charge on any atom is -0.366 e. The first-order valence-corrected chi connectivity index (χ1v) is 3.53. The summed E-state index contributed by atoms with van der Waals surface area (Å²) in [5, 5.41) is 11.6. The van der Waals surface area contributed by atoms with Crippen LogP contribution >= 0.6 is 0 Å². The first kappa shape index (κ1) is 8.45. The Balaban J connectivity index is 2.30. The van der Waals surface area contributed by atoms with Gasteiger partial charge in [0.25, 0.3) is 0 Å². The molecule has 0 saturated carbocycles. The molecule has 0 aromatic heterocycles. The molecule has 1 saturated heterocycles. The van der Waals surface area contributed by atoms with Crippen LogP contribution in [0.5, 0.6) is 0 Å². The maximum atomic E-state index is 10.7. The summed E-state index contributed by atoms with van der Waals surface area (Å²) in [5.41, 5.74) is 5.06. The van der Waals surface area contributed by atoms with Gasteiger partial charge in [0.15, 0.2) is 6.29 Å². The zero-order valence-electron chi connectivity index (χ0n) is 6.12. The van der Waals surface area contributed by atoms with Crippen molar-refractivity contribution in [1.82, 2.24) is 5.32 Å².